The van der Waals surface area contributed by atoms with E-state index in [-0.39, 0.29) is 28.9 Å². The van der Waals surface area contributed by atoms with Crippen molar-refractivity contribution in [2.75, 3.05) is 13.1 Å². The molecule has 2 bridgehead atoms. The minimum atomic E-state index is -1.03. The molecule has 2 atom stereocenters. The average molecular weight is 410 g/mol. The number of amides is 1. The van der Waals surface area contributed by atoms with Gasteiger partial charge in [0.1, 0.15) is 5.82 Å². The number of aromatic nitrogens is 3. The Morgan fingerprint density at radius 1 is 1.10 bits per heavy atom. The van der Waals surface area contributed by atoms with Crippen LogP contribution in [-0.4, -0.2) is 38.0 Å². The van der Waals surface area contributed by atoms with Crippen LogP contribution in [0.4, 0.5) is 8.78 Å². The number of imidazole rings is 1. The molecule has 5 rings (SSSR count). The van der Waals surface area contributed by atoms with Gasteiger partial charge in [0.05, 0.1) is 5.56 Å². The number of benzene rings is 1. The molecule has 1 fully saturated rings. The average Bonchev–Trinajstić information content (AvgIpc) is 3.16. The maximum atomic E-state index is 13.6. The minimum Gasteiger partial charge on any atom is -0.338 e. The number of hydrogen-bond donors (Lipinski definition) is 0. The predicted molar refractivity (Wildman–Crippen MR) is 106 cm³/mol. The number of nitrogens with zero attached hydrogens (tertiary/aromatic N) is 4. The molecule has 0 spiro atoms. The number of rotatable bonds is 2. The fourth-order valence-electron chi connectivity index (χ4n) is 4.72. The Labute approximate surface area is 171 Å². The molecule has 3 aromatic rings. The summed E-state index contributed by atoms with van der Waals surface area (Å²) in [7, 11) is 1.85. The lowest BCUT2D eigenvalue weighted by atomic mass is 9.82. The van der Waals surface area contributed by atoms with Gasteiger partial charge in [0.25, 0.3) is 11.5 Å². The first-order chi connectivity index (χ1) is 14.4. The zero-order chi connectivity index (χ0) is 21.0. The van der Waals surface area contributed by atoms with Crippen LogP contribution in [0.1, 0.15) is 28.4 Å². The number of carbonyl (C=O) groups is 1. The topological polar surface area (TPSA) is 60.1 Å². The third kappa shape index (κ3) is 2.94. The van der Waals surface area contributed by atoms with Gasteiger partial charge in [-0.1, -0.05) is 0 Å². The number of hydrogen-bond acceptors (Lipinski definition) is 3. The van der Waals surface area contributed by atoms with E-state index in [2.05, 4.69) is 4.98 Å². The van der Waals surface area contributed by atoms with Crippen LogP contribution in [0.25, 0.3) is 11.4 Å². The van der Waals surface area contributed by atoms with Crippen molar-refractivity contribution < 1.29 is 13.6 Å². The molecule has 4 heterocycles. The summed E-state index contributed by atoms with van der Waals surface area (Å²) in [4.78, 5) is 32.0. The summed E-state index contributed by atoms with van der Waals surface area (Å²) in [6.45, 7) is 1.44. The molecular weight excluding hydrogens is 390 g/mol. The molecule has 30 heavy (non-hydrogen) atoms. The number of piperidine rings is 1. The fourth-order valence-corrected chi connectivity index (χ4v) is 4.72. The van der Waals surface area contributed by atoms with Crippen molar-refractivity contribution in [3.05, 3.63) is 76.0 Å². The Bertz CT molecular complexity index is 1220. The molecule has 154 valence electrons. The van der Waals surface area contributed by atoms with Gasteiger partial charge in [-0.2, -0.15) is 0 Å². The van der Waals surface area contributed by atoms with Gasteiger partial charge in [-0.3, -0.25) is 9.59 Å². The van der Waals surface area contributed by atoms with E-state index >= 15 is 0 Å². The number of carbonyl (C=O) groups excluding carboxylic acids is 1. The second kappa shape index (κ2) is 6.90. The highest BCUT2D eigenvalue weighted by molar-refractivity contribution is 5.94. The summed E-state index contributed by atoms with van der Waals surface area (Å²) in [5.41, 5.74) is 1.52. The van der Waals surface area contributed by atoms with Crippen molar-refractivity contribution in [3.8, 4) is 11.4 Å². The van der Waals surface area contributed by atoms with E-state index in [0.717, 1.165) is 24.2 Å². The first-order valence-electron chi connectivity index (χ1n) is 9.88. The molecule has 0 N–H and O–H groups in total. The lowest BCUT2D eigenvalue weighted by molar-refractivity contribution is 0.0594. The van der Waals surface area contributed by atoms with Crippen molar-refractivity contribution in [2.24, 2.45) is 13.0 Å². The van der Waals surface area contributed by atoms with Gasteiger partial charge in [0.15, 0.2) is 11.6 Å². The Balaban J connectivity index is 1.46. The van der Waals surface area contributed by atoms with E-state index in [9.17, 15) is 18.4 Å². The van der Waals surface area contributed by atoms with Crippen molar-refractivity contribution in [2.45, 2.75) is 18.9 Å². The van der Waals surface area contributed by atoms with Gasteiger partial charge in [0, 0.05) is 56.3 Å². The third-order valence-electron chi connectivity index (χ3n) is 6.12. The van der Waals surface area contributed by atoms with E-state index in [1.165, 1.54) is 6.07 Å². The molecule has 0 unspecified atom stereocenters. The lowest BCUT2D eigenvalue weighted by Crippen LogP contribution is -2.49. The molecular formula is C22H20F2N4O2. The molecule has 1 aromatic carbocycles. The summed E-state index contributed by atoms with van der Waals surface area (Å²) >= 11 is 0. The highest BCUT2D eigenvalue weighted by atomic mass is 19.2. The smallest absolute Gasteiger partial charge is 0.261 e. The van der Waals surface area contributed by atoms with Crippen LogP contribution in [0.2, 0.25) is 0 Å². The maximum Gasteiger partial charge on any atom is 0.261 e. The normalized spacial score (nSPS) is 20.2. The second-order valence-electron chi connectivity index (χ2n) is 8.09. The molecule has 2 aromatic heterocycles. The van der Waals surface area contributed by atoms with E-state index in [0.29, 0.717) is 31.0 Å². The van der Waals surface area contributed by atoms with Crippen LogP contribution in [0.5, 0.6) is 0 Å². The molecule has 2 aliphatic rings. The van der Waals surface area contributed by atoms with Gasteiger partial charge in [-0.15, -0.1) is 0 Å². The second-order valence-corrected chi connectivity index (χ2v) is 8.09. The molecule has 1 amide bonds. The highest BCUT2D eigenvalue weighted by Crippen LogP contribution is 2.36. The summed E-state index contributed by atoms with van der Waals surface area (Å²) in [5.74, 6) is -1.55. The van der Waals surface area contributed by atoms with Crippen LogP contribution in [0.15, 0.2) is 47.5 Å². The van der Waals surface area contributed by atoms with Gasteiger partial charge in [-0.05, 0) is 42.7 Å². The van der Waals surface area contributed by atoms with Crippen molar-refractivity contribution >= 4 is 5.91 Å². The Morgan fingerprint density at radius 2 is 1.93 bits per heavy atom. The van der Waals surface area contributed by atoms with E-state index < -0.39 is 11.6 Å². The van der Waals surface area contributed by atoms with Gasteiger partial charge >= 0.3 is 0 Å². The predicted octanol–water partition coefficient (Wildman–Crippen LogP) is 2.79. The zero-order valence-electron chi connectivity index (χ0n) is 16.4. The van der Waals surface area contributed by atoms with Crippen LogP contribution in [0, 0.1) is 17.6 Å². The number of likely N-dealkylation sites (tertiary alicyclic amines) is 1. The summed E-state index contributed by atoms with van der Waals surface area (Å²) in [6, 6.07) is 6.97. The number of pyridine rings is 1. The molecule has 0 aliphatic carbocycles. The molecule has 6 nitrogen and oxygen atoms in total. The molecule has 0 saturated carbocycles. The van der Waals surface area contributed by atoms with Gasteiger partial charge < -0.3 is 14.0 Å². The van der Waals surface area contributed by atoms with Gasteiger partial charge in [0.2, 0.25) is 0 Å². The fraction of sp³-hybridized carbons (Fsp3) is 0.318. The van der Waals surface area contributed by atoms with E-state index in [1.807, 2.05) is 22.2 Å². The third-order valence-corrected chi connectivity index (χ3v) is 6.12. The van der Waals surface area contributed by atoms with Crippen molar-refractivity contribution in [1.82, 2.24) is 19.0 Å². The number of aryl methyl sites for hydroxylation is 1. The van der Waals surface area contributed by atoms with Crippen molar-refractivity contribution in [1.29, 1.82) is 0 Å². The molecule has 1 saturated heterocycles. The SMILES string of the molecule is Cn1ccnc1-c1ccc2n(c1=O)C[C@H]1C[C@@H]2CN(C(=O)c2ccc(F)c(F)c2)C1. The van der Waals surface area contributed by atoms with Crippen LogP contribution in [0.3, 0.4) is 0 Å². The standard InChI is InChI=1S/C22H20F2N4O2/c1-26-7-6-25-20(26)16-3-5-19-15-8-13(11-28(19)22(16)30)10-27(12-15)21(29)14-2-4-17(23)18(24)9-14/h2-7,9,13,15H,8,10-12H2,1H3/t13-,15+/m0/s1. The van der Waals surface area contributed by atoms with Gasteiger partial charge in [-0.25, -0.2) is 13.8 Å². The molecule has 2 aliphatic heterocycles. The molecule has 0 radical (unpaired) electrons. The number of halogens is 2. The van der Waals surface area contributed by atoms with Crippen LogP contribution < -0.4 is 5.56 Å². The first-order valence-corrected chi connectivity index (χ1v) is 9.88. The first kappa shape index (κ1) is 18.7. The lowest BCUT2D eigenvalue weighted by Gasteiger charge is -2.43. The van der Waals surface area contributed by atoms with E-state index in [4.69, 9.17) is 0 Å². The summed E-state index contributed by atoms with van der Waals surface area (Å²) in [6.07, 6.45) is 4.35. The molecule has 8 heteroatoms. The largest absolute Gasteiger partial charge is 0.338 e. The summed E-state index contributed by atoms with van der Waals surface area (Å²) < 4.78 is 30.4. The monoisotopic (exact) mass is 410 g/mol. The van der Waals surface area contributed by atoms with E-state index in [1.54, 1.807) is 23.4 Å². The number of fused-ring (bicyclic) bond motifs is 4. The zero-order valence-corrected chi connectivity index (χ0v) is 16.4. The van der Waals surface area contributed by atoms with Crippen molar-refractivity contribution in [3.63, 3.8) is 0 Å². The Hall–Kier alpha value is -3.29. The highest BCUT2D eigenvalue weighted by Gasteiger charge is 2.37. The summed E-state index contributed by atoms with van der Waals surface area (Å²) in [5, 5.41) is 0. The maximum absolute atomic E-state index is 13.6. The Kier molecular flexibility index (Phi) is 4.30. The Morgan fingerprint density at radius 3 is 2.67 bits per heavy atom. The quantitative estimate of drug-likeness (QED) is 0.653. The minimum absolute atomic E-state index is 0.0230. The van der Waals surface area contributed by atoms with Crippen LogP contribution >= 0.6 is 0 Å². The van der Waals surface area contributed by atoms with Crippen LogP contribution in [-0.2, 0) is 13.6 Å².